The van der Waals surface area contributed by atoms with E-state index in [-0.39, 0.29) is 30.3 Å². The third-order valence-corrected chi connectivity index (χ3v) is 3.85. The quantitative estimate of drug-likeness (QED) is 0.489. The summed E-state index contributed by atoms with van der Waals surface area (Å²) >= 11 is 5.09. The van der Waals surface area contributed by atoms with Crippen molar-refractivity contribution in [3.63, 3.8) is 0 Å². The Kier molecular flexibility index (Phi) is 8.11. The van der Waals surface area contributed by atoms with Gasteiger partial charge in [-0.05, 0) is 36.0 Å². The van der Waals surface area contributed by atoms with E-state index in [1.165, 1.54) is 7.11 Å². The van der Waals surface area contributed by atoms with Crippen LogP contribution in [0.5, 0.6) is 0 Å². The van der Waals surface area contributed by atoms with Crippen LogP contribution >= 0.6 is 12.2 Å². The van der Waals surface area contributed by atoms with Crippen LogP contribution in [0.1, 0.15) is 18.4 Å². The lowest BCUT2D eigenvalue weighted by atomic mass is 10.1. The zero-order chi connectivity index (χ0) is 20.4. The molecule has 28 heavy (non-hydrogen) atoms. The maximum absolute atomic E-state index is 12.2. The molecule has 146 valence electrons. The Bertz CT molecular complexity index is 856. The van der Waals surface area contributed by atoms with Crippen molar-refractivity contribution in [2.24, 2.45) is 0 Å². The van der Waals surface area contributed by atoms with E-state index in [1.807, 2.05) is 30.3 Å². The van der Waals surface area contributed by atoms with Gasteiger partial charge in [0.2, 0.25) is 11.8 Å². The van der Waals surface area contributed by atoms with Gasteiger partial charge in [-0.15, -0.1) is 0 Å². The van der Waals surface area contributed by atoms with Crippen LogP contribution in [-0.2, 0) is 25.5 Å². The molecule has 8 heteroatoms. The molecular weight excluding hydrogens is 378 g/mol. The van der Waals surface area contributed by atoms with Gasteiger partial charge in [-0.25, -0.2) is 0 Å². The summed E-state index contributed by atoms with van der Waals surface area (Å²) < 4.78 is 4.48. The summed E-state index contributed by atoms with van der Waals surface area (Å²) in [5, 5.41) is 8.28. The molecule has 2 aromatic rings. The number of hydrogen-bond donors (Lipinski definition) is 3. The molecule has 0 aromatic heterocycles. The van der Waals surface area contributed by atoms with E-state index in [2.05, 4.69) is 20.7 Å². The smallest absolute Gasteiger partial charge is 0.306 e. The molecule has 0 atom stereocenters. The number of hydrogen-bond acceptors (Lipinski definition) is 5. The van der Waals surface area contributed by atoms with Crippen LogP contribution in [-0.4, -0.2) is 30.0 Å². The number of nitrogens with one attached hydrogen (secondary N) is 3. The van der Waals surface area contributed by atoms with Crippen LogP contribution < -0.4 is 16.0 Å². The molecule has 0 saturated heterocycles. The minimum atomic E-state index is -0.465. The van der Waals surface area contributed by atoms with Gasteiger partial charge in [0.25, 0.3) is 0 Å². The molecule has 2 amide bonds. The molecule has 0 radical (unpaired) electrons. The third-order valence-electron chi connectivity index (χ3n) is 3.65. The molecule has 0 spiro atoms. The molecule has 0 heterocycles. The first-order valence-electron chi connectivity index (χ1n) is 8.58. The number of carbonyl (C=O) groups is 3. The van der Waals surface area contributed by atoms with E-state index in [4.69, 9.17) is 12.2 Å². The minimum absolute atomic E-state index is 0.0200. The normalized spacial score (nSPS) is 9.89. The zero-order valence-electron chi connectivity index (χ0n) is 15.4. The highest BCUT2D eigenvalue weighted by molar-refractivity contribution is 7.80. The van der Waals surface area contributed by atoms with Crippen molar-refractivity contribution in [3.05, 3.63) is 60.2 Å². The summed E-state index contributed by atoms with van der Waals surface area (Å²) in [6.45, 7) is 0. The Labute approximate surface area is 168 Å². The minimum Gasteiger partial charge on any atom is -0.469 e. The first kappa shape index (κ1) is 21.0. The summed E-state index contributed by atoms with van der Waals surface area (Å²) in [5.41, 5.74) is 2.13. The van der Waals surface area contributed by atoms with Crippen molar-refractivity contribution in [1.82, 2.24) is 5.32 Å². The van der Waals surface area contributed by atoms with Gasteiger partial charge >= 0.3 is 5.97 Å². The number of esters is 1. The number of amides is 2. The van der Waals surface area contributed by atoms with Gasteiger partial charge in [-0.2, -0.15) is 0 Å². The van der Waals surface area contributed by atoms with Crippen LogP contribution in [0.25, 0.3) is 0 Å². The van der Waals surface area contributed by atoms with Crippen LogP contribution in [0.4, 0.5) is 11.4 Å². The predicted molar refractivity (Wildman–Crippen MR) is 111 cm³/mol. The standard InChI is InChI=1S/C20H21N3O4S/c1-27-19(26)11-10-17(24)23-20(28)22-16-9-5-8-15(13-16)21-18(25)12-14-6-3-2-4-7-14/h2-9,13H,10-12H2,1H3,(H,21,25)(H2,22,23,24,28). The zero-order valence-corrected chi connectivity index (χ0v) is 16.2. The van der Waals surface area contributed by atoms with E-state index < -0.39 is 11.9 Å². The summed E-state index contributed by atoms with van der Waals surface area (Å²) in [5.74, 6) is -0.995. The molecule has 2 aromatic carbocycles. The van der Waals surface area contributed by atoms with Crippen LogP contribution in [0, 0.1) is 0 Å². The fourth-order valence-corrected chi connectivity index (χ4v) is 2.56. The number of rotatable bonds is 7. The van der Waals surface area contributed by atoms with Gasteiger partial charge in [-0.3, -0.25) is 14.4 Å². The van der Waals surface area contributed by atoms with E-state index in [0.29, 0.717) is 11.4 Å². The summed E-state index contributed by atoms with van der Waals surface area (Å²) in [6.07, 6.45) is 0.227. The molecule has 0 saturated carbocycles. The van der Waals surface area contributed by atoms with Gasteiger partial charge in [0.15, 0.2) is 5.11 Å². The maximum Gasteiger partial charge on any atom is 0.306 e. The SMILES string of the molecule is COC(=O)CCC(=O)NC(=S)Nc1cccc(NC(=O)Cc2ccccc2)c1. The van der Waals surface area contributed by atoms with Crippen molar-refractivity contribution < 1.29 is 19.1 Å². The molecular formula is C20H21N3O4S. The van der Waals surface area contributed by atoms with Crippen molar-refractivity contribution in [2.75, 3.05) is 17.7 Å². The lowest BCUT2D eigenvalue weighted by molar-refractivity contribution is -0.142. The Morgan fingerprint density at radius 3 is 2.25 bits per heavy atom. The predicted octanol–water partition coefficient (Wildman–Crippen LogP) is 2.63. The highest BCUT2D eigenvalue weighted by Crippen LogP contribution is 2.15. The van der Waals surface area contributed by atoms with E-state index in [1.54, 1.807) is 24.3 Å². The molecule has 7 nitrogen and oxygen atoms in total. The average Bonchev–Trinajstić information content (AvgIpc) is 2.66. The van der Waals surface area contributed by atoms with Crippen molar-refractivity contribution in [2.45, 2.75) is 19.3 Å². The number of anilines is 2. The first-order chi connectivity index (χ1) is 13.5. The second-order valence-electron chi connectivity index (χ2n) is 5.87. The van der Waals surface area contributed by atoms with Crippen LogP contribution in [0.15, 0.2) is 54.6 Å². The Hall–Kier alpha value is -3.26. The van der Waals surface area contributed by atoms with Crippen molar-refractivity contribution in [1.29, 1.82) is 0 Å². The summed E-state index contributed by atoms with van der Waals surface area (Å²) in [7, 11) is 1.26. The maximum atomic E-state index is 12.2. The molecule has 0 fully saturated rings. The molecule has 0 aliphatic carbocycles. The Morgan fingerprint density at radius 2 is 1.57 bits per heavy atom. The highest BCUT2D eigenvalue weighted by atomic mass is 32.1. The Balaban J connectivity index is 1.85. The second kappa shape index (κ2) is 10.8. The van der Waals surface area contributed by atoms with Gasteiger partial charge in [0.1, 0.15) is 0 Å². The number of ether oxygens (including phenoxy) is 1. The second-order valence-corrected chi connectivity index (χ2v) is 6.28. The van der Waals surface area contributed by atoms with E-state index in [9.17, 15) is 14.4 Å². The van der Waals surface area contributed by atoms with Gasteiger partial charge < -0.3 is 20.7 Å². The molecule has 3 N–H and O–H groups in total. The van der Waals surface area contributed by atoms with Crippen LogP contribution in [0.3, 0.4) is 0 Å². The van der Waals surface area contributed by atoms with Crippen molar-refractivity contribution in [3.8, 4) is 0 Å². The largest absolute Gasteiger partial charge is 0.469 e. The first-order valence-corrected chi connectivity index (χ1v) is 8.98. The van der Waals surface area contributed by atoms with E-state index >= 15 is 0 Å². The number of carbonyl (C=O) groups excluding carboxylic acids is 3. The van der Waals surface area contributed by atoms with Crippen molar-refractivity contribution >= 4 is 46.5 Å². The molecule has 0 unspecified atom stereocenters. The van der Waals surface area contributed by atoms with E-state index in [0.717, 1.165) is 5.56 Å². The lowest BCUT2D eigenvalue weighted by Crippen LogP contribution is -2.34. The number of thiocarbonyl (C=S) groups is 1. The third kappa shape index (κ3) is 7.55. The molecule has 2 rings (SSSR count). The molecule has 0 aliphatic rings. The summed E-state index contributed by atoms with van der Waals surface area (Å²) in [6, 6.07) is 16.4. The number of benzene rings is 2. The van der Waals surface area contributed by atoms with Gasteiger partial charge in [0, 0.05) is 17.8 Å². The summed E-state index contributed by atoms with van der Waals surface area (Å²) in [4.78, 5) is 35.0. The lowest BCUT2D eigenvalue weighted by Gasteiger charge is -2.11. The van der Waals surface area contributed by atoms with Crippen LogP contribution in [0.2, 0.25) is 0 Å². The average molecular weight is 399 g/mol. The van der Waals surface area contributed by atoms with Gasteiger partial charge in [0.05, 0.1) is 20.0 Å². The monoisotopic (exact) mass is 399 g/mol. The molecule has 0 aliphatic heterocycles. The van der Waals surface area contributed by atoms with Gasteiger partial charge in [-0.1, -0.05) is 36.4 Å². The highest BCUT2D eigenvalue weighted by Gasteiger charge is 2.09. The topological polar surface area (TPSA) is 96.5 Å². The molecule has 0 bridgehead atoms. The Morgan fingerprint density at radius 1 is 0.893 bits per heavy atom. The fourth-order valence-electron chi connectivity index (χ4n) is 2.33. The fraction of sp³-hybridized carbons (Fsp3) is 0.200. The number of methoxy groups -OCH3 is 1.